The van der Waals surface area contributed by atoms with Crippen molar-refractivity contribution in [1.82, 2.24) is 15.0 Å². The average molecular weight is 463 g/mol. The van der Waals surface area contributed by atoms with Crippen LogP contribution < -0.4 is 15.0 Å². The topological polar surface area (TPSA) is 152 Å². The Balaban J connectivity index is 2.43. The van der Waals surface area contributed by atoms with Crippen LogP contribution >= 0.6 is 0 Å². The monoisotopic (exact) mass is 463 g/mol. The number of sulfone groups is 1. The summed E-state index contributed by atoms with van der Waals surface area (Å²) >= 11 is 0. The Morgan fingerprint density at radius 3 is 2.39 bits per heavy atom. The Labute approximate surface area is 173 Å². The van der Waals surface area contributed by atoms with Crippen molar-refractivity contribution in [2.24, 2.45) is 0 Å². The van der Waals surface area contributed by atoms with E-state index in [0.717, 1.165) is 6.07 Å². The summed E-state index contributed by atoms with van der Waals surface area (Å²) in [6.07, 6.45) is -4.70. The lowest BCUT2D eigenvalue weighted by molar-refractivity contribution is -0.154. The molecule has 0 radical (unpaired) electrons. The minimum Gasteiger partial charge on any atom is -0.478 e. The van der Waals surface area contributed by atoms with Crippen LogP contribution in [0.3, 0.4) is 0 Å². The Hall–Kier alpha value is -3.49. The number of carboxylic acids is 1. The molecule has 0 aliphatic carbocycles. The van der Waals surface area contributed by atoms with Crippen molar-refractivity contribution in [2.75, 3.05) is 30.9 Å². The SMILES string of the molecule is Cc1cccc(C(=O)O)c1S(=O)(=O)C(=O)Nc1nc(OCC(F)(F)F)nc(N(C)C)n1. The van der Waals surface area contributed by atoms with Gasteiger partial charge in [0.1, 0.15) is 0 Å². The molecular weight excluding hydrogens is 447 g/mol. The Morgan fingerprint density at radius 2 is 1.84 bits per heavy atom. The number of carboxylic acid groups (broad SMARTS) is 1. The van der Waals surface area contributed by atoms with Crippen LogP contribution in [0, 0.1) is 6.92 Å². The molecule has 0 atom stereocenters. The second kappa shape index (κ2) is 8.71. The number of halogens is 3. The van der Waals surface area contributed by atoms with Gasteiger partial charge in [-0.15, -0.1) is 0 Å². The van der Waals surface area contributed by atoms with E-state index in [0.29, 0.717) is 0 Å². The van der Waals surface area contributed by atoms with Crippen LogP contribution in [0.2, 0.25) is 0 Å². The Morgan fingerprint density at radius 1 is 1.19 bits per heavy atom. The summed E-state index contributed by atoms with van der Waals surface area (Å²) in [4.78, 5) is 35.1. The number of carbonyl (C=O) groups is 2. The first-order chi connectivity index (χ1) is 14.2. The number of nitrogens with zero attached hydrogens (tertiary/aromatic N) is 4. The smallest absolute Gasteiger partial charge is 0.422 e. The fourth-order valence-corrected chi connectivity index (χ4v) is 3.59. The van der Waals surface area contributed by atoms with E-state index in [2.05, 4.69) is 19.7 Å². The van der Waals surface area contributed by atoms with Gasteiger partial charge in [0.25, 0.3) is 9.84 Å². The third-order valence-electron chi connectivity index (χ3n) is 3.54. The summed E-state index contributed by atoms with van der Waals surface area (Å²) in [5, 5.41) is 9.38. The molecule has 1 aromatic carbocycles. The first-order valence-corrected chi connectivity index (χ1v) is 9.72. The number of aryl methyl sites for hydroxylation is 1. The highest BCUT2D eigenvalue weighted by Gasteiger charge is 2.33. The molecule has 0 fully saturated rings. The number of hydrogen-bond donors (Lipinski definition) is 2. The zero-order valence-corrected chi connectivity index (χ0v) is 17.1. The van der Waals surface area contributed by atoms with Gasteiger partial charge in [0.05, 0.1) is 10.5 Å². The van der Waals surface area contributed by atoms with Crippen molar-refractivity contribution in [2.45, 2.75) is 18.0 Å². The summed E-state index contributed by atoms with van der Waals surface area (Å²) in [5.74, 6) is -2.52. The van der Waals surface area contributed by atoms with Crippen LogP contribution in [-0.4, -0.2) is 66.6 Å². The molecule has 0 aliphatic heterocycles. The molecule has 1 heterocycles. The molecule has 0 unspecified atom stereocenters. The quantitative estimate of drug-likeness (QED) is 0.650. The van der Waals surface area contributed by atoms with Crippen molar-refractivity contribution < 1.29 is 41.0 Å². The fraction of sp³-hybridized carbons (Fsp3) is 0.312. The van der Waals surface area contributed by atoms with Gasteiger partial charge in [-0.3, -0.25) is 10.1 Å². The van der Waals surface area contributed by atoms with Gasteiger partial charge in [0.15, 0.2) is 6.61 Å². The van der Waals surface area contributed by atoms with E-state index in [4.69, 9.17) is 0 Å². The third kappa shape index (κ3) is 5.78. The predicted molar refractivity (Wildman–Crippen MR) is 100 cm³/mol. The van der Waals surface area contributed by atoms with Crippen LogP contribution in [0.1, 0.15) is 15.9 Å². The van der Waals surface area contributed by atoms with E-state index in [1.165, 1.54) is 38.1 Å². The van der Waals surface area contributed by atoms with Crippen molar-refractivity contribution in [3.63, 3.8) is 0 Å². The van der Waals surface area contributed by atoms with E-state index in [-0.39, 0.29) is 11.5 Å². The molecule has 11 nitrogen and oxygen atoms in total. The largest absolute Gasteiger partial charge is 0.478 e. The van der Waals surface area contributed by atoms with Gasteiger partial charge in [-0.2, -0.15) is 28.1 Å². The summed E-state index contributed by atoms with van der Waals surface area (Å²) in [6, 6.07) is 2.79. The molecule has 0 aliphatic rings. The molecule has 168 valence electrons. The molecule has 1 aromatic heterocycles. The van der Waals surface area contributed by atoms with E-state index >= 15 is 0 Å². The molecule has 2 rings (SSSR count). The summed E-state index contributed by atoms with van der Waals surface area (Å²) in [7, 11) is -2.03. The number of aromatic nitrogens is 3. The maximum atomic E-state index is 12.7. The maximum absolute atomic E-state index is 12.7. The second-order valence-corrected chi connectivity index (χ2v) is 8.00. The predicted octanol–water partition coefficient (Wildman–Crippen LogP) is 1.89. The van der Waals surface area contributed by atoms with Gasteiger partial charge in [0, 0.05) is 14.1 Å². The molecular formula is C16H16F3N5O6S. The van der Waals surface area contributed by atoms with Crippen LogP contribution in [-0.2, 0) is 9.84 Å². The summed E-state index contributed by atoms with van der Waals surface area (Å²) in [6.45, 7) is -0.441. The number of hydrogen-bond acceptors (Lipinski definition) is 9. The zero-order valence-electron chi connectivity index (χ0n) is 16.3. The fourth-order valence-electron chi connectivity index (χ4n) is 2.24. The molecule has 31 heavy (non-hydrogen) atoms. The number of ether oxygens (including phenoxy) is 1. The standard InChI is InChI=1S/C16H16F3N5O6S/c1-8-5-4-6-9(11(25)26)10(8)31(28,29)15(27)22-12-20-13(24(2)3)23-14(21-12)30-7-16(17,18)19/h4-6H,7H2,1-3H3,(H,25,26)(H,20,21,22,23,27). The highest BCUT2D eigenvalue weighted by molar-refractivity contribution is 8.06. The van der Waals surface area contributed by atoms with Gasteiger partial charge in [-0.1, -0.05) is 12.1 Å². The minimum atomic E-state index is -4.89. The van der Waals surface area contributed by atoms with Gasteiger partial charge < -0.3 is 14.7 Å². The number of benzene rings is 1. The van der Waals surface area contributed by atoms with E-state index in [1.807, 2.05) is 5.32 Å². The number of carbonyl (C=O) groups excluding carboxylic acids is 1. The minimum absolute atomic E-state index is 0.00567. The Kier molecular flexibility index (Phi) is 6.68. The van der Waals surface area contributed by atoms with Gasteiger partial charge in [-0.25, -0.2) is 13.2 Å². The molecule has 0 saturated carbocycles. The molecule has 2 aromatic rings. The van der Waals surface area contributed by atoms with Crippen LogP contribution in [0.5, 0.6) is 6.01 Å². The molecule has 0 spiro atoms. The maximum Gasteiger partial charge on any atom is 0.422 e. The van der Waals surface area contributed by atoms with Crippen LogP contribution in [0.4, 0.5) is 29.9 Å². The number of aromatic carboxylic acids is 1. The van der Waals surface area contributed by atoms with Gasteiger partial charge in [-0.05, 0) is 18.6 Å². The van der Waals surface area contributed by atoms with E-state index in [1.54, 1.807) is 0 Å². The van der Waals surface area contributed by atoms with Crippen molar-refractivity contribution in [3.05, 3.63) is 29.3 Å². The number of rotatable bonds is 6. The third-order valence-corrected chi connectivity index (χ3v) is 5.21. The van der Waals surface area contributed by atoms with Crippen LogP contribution in [0.25, 0.3) is 0 Å². The first-order valence-electron chi connectivity index (χ1n) is 8.24. The van der Waals surface area contributed by atoms with Crippen molar-refractivity contribution in [3.8, 4) is 6.01 Å². The van der Waals surface area contributed by atoms with Crippen molar-refractivity contribution >= 4 is 32.9 Å². The molecule has 0 saturated heterocycles. The lowest BCUT2D eigenvalue weighted by atomic mass is 10.1. The van der Waals surface area contributed by atoms with Gasteiger partial charge in [0.2, 0.25) is 11.9 Å². The number of anilines is 2. The Bertz CT molecular complexity index is 1120. The number of nitrogens with one attached hydrogen (secondary N) is 1. The lowest BCUT2D eigenvalue weighted by Crippen LogP contribution is -2.26. The van der Waals surface area contributed by atoms with E-state index in [9.17, 15) is 36.3 Å². The number of amides is 1. The molecule has 0 bridgehead atoms. The molecule has 1 amide bonds. The highest BCUT2D eigenvalue weighted by Crippen LogP contribution is 2.24. The molecule has 15 heteroatoms. The lowest BCUT2D eigenvalue weighted by Gasteiger charge is -2.14. The average Bonchev–Trinajstić information content (AvgIpc) is 2.65. The highest BCUT2D eigenvalue weighted by atomic mass is 32.2. The van der Waals surface area contributed by atoms with Crippen molar-refractivity contribution in [1.29, 1.82) is 0 Å². The second-order valence-electron chi connectivity index (χ2n) is 6.21. The molecule has 2 N–H and O–H groups in total. The normalized spacial score (nSPS) is 11.7. The summed E-state index contributed by atoms with van der Waals surface area (Å²) in [5.41, 5.74) is -0.636. The van der Waals surface area contributed by atoms with Gasteiger partial charge >= 0.3 is 23.4 Å². The first kappa shape index (κ1) is 23.8. The zero-order chi connectivity index (χ0) is 23.6. The summed E-state index contributed by atoms with van der Waals surface area (Å²) < 4.78 is 67.0. The number of alkyl halides is 3. The van der Waals surface area contributed by atoms with E-state index < -0.39 is 56.2 Å². The van der Waals surface area contributed by atoms with Crippen LogP contribution in [0.15, 0.2) is 23.1 Å².